The molecule has 140 valence electrons. The van der Waals surface area contributed by atoms with E-state index in [1.807, 2.05) is 13.8 Å². The Bertz CT molecular complexity index is 750. The van der Waals surface area contributed by atoms with Crippen LogP contribution in [-0.2, 0) is 4.79 Å². The number of carbonyl (C=O) groups is 1. The monoisotopic (exact) mass is 364 g/mol. The third-order valence-electron chi connectivity index (χ3n) is 4.78. The maximum atomic E-state index is 12.5. The molecule has 0 saturated heterocycles. The van der Waals surface area contributed by atoms with E-state index in [1.165, 1.54) is 12.3 Å². The summed E-state index contributed by atoms with van der Waals surface area (Å²) in [5.74, 6) is 0.829. The predicted octanol–water partition coefficient (Wildman–Crippen LogP) is 2.74. The lowest BCUT2D eigenvalue weighted by atomic mass is 10.0. The summed E-state index contributed by atoms with van der Waals surface area (Å²) < 4.78 is 29.3. The number of Topliss-reactive ketones (excluding diaryl/α,β-unsaturated/α-hetero) is 1. The number of nitrogens with one attached hydrogen (secondary N) is 2. The zero-order valence-electron chi connectivity index (χ0n) is 14.6. The second kappa shape index (κ2) is 7.01. The summed E-state index contributed by atoms with van der Waals surface area (Å²) in [6, 6.07) is 1.46. The molecule has 1 aromatic heterocycles. The van der Waals surface area contributed by atoms with Crippen LogP contribution in [0.25, 0.3) is 0 Å². The molecule has 0 bridgehead atoms. The van der Waals surface area contributed by atoms with E-state index in [4.69, 9.17) is 11.1 Å². The molecule has 2 aliphatic rings. The lowest BCUT2D eigenvalue weighted by Crippen LogP contribution is -2.25. The molecule has 0 amide bonds. The van der Waals surface area contributed by atoms with Gasteiger partial charge in [0.25, 0.3) is 0 Å². The summed E-state index contributed by atoms with van der Waals surface area (Å²) in [6.45, 7) is 0.987. The Morgan fingerprint density at radius 1 is 1.42 bits per heavy atom. The molecule has 8 heteroatoms. The number of halogens is 2. The summed E-state index contributed by atoms with van der Waals surface area (Å²) >= 11 is 0. The number of alkyl halides is 2. The molecule has 26 heavy (non-hydrogen) atoms. The van der Waals surface area contributed by atoms with Crippen LogP contribution >= 0.6 is 0 Å². The largest absolute Gasteiger partial charge is 0.431 e. The number of aromatic nitrogens is 1. The third-order valence-corrected chi connectivity index (χ3v) is 4.78. The number of rotatable bonds is 7. The second-order valence-corrected chi connectivity index (χ2v) is 7.10. The average Bonchev–Trinajstić information content (AvgIpc) is 3.04. The van der Waals surface area contributed by atoms with Crippen molar-refractivity contribution in [2.75, 3.05) is 5.73 Å². The van der Waals surface area contributed by atoms with Crippen LogP contribution in [0.5, 0.6) is 5.75 Å². The molecule has 1 heterocycles. The first-order valence-corrected chi connectivity index (χ1v) is 8.55. The van der Waals surface area contributed by atoms with Crippen LogP contribution in [-0.4, -0.2) is 29.1 Å². The van der Waals surface area contributed by atoms with Crippen molar-refractivity contribution in [2.24, 2.45) is 17.8 Å². The Morgan fingerprint density at radius 2 is 2.08 bits per heavy atom. The predicted molar refractivity (Wildman–Crippen MR) is 93.2 cm³/mol. The van der Waals surface area contributed by atoms with Gasteiger partial charge in [-0.15, -0.1) is 0 Å². The molecule has 0 aliphatic heterocycles. The van der Waals surface area contributed by atoms with Gasteiger partial charge in [-0.25, -0.2) is 4.98 Å². The minimum Gasteiger partial charge on any atom is -0.431 e. The Balaban J connectivity index is 1.81. The van der Waals surface area contributed by atoms with Crippen molar-refractivity contribution in [3.63, 3.8) is 0 Å². The molecule has 2 aliphatic carbocycles. The molecule has 2 fully saturated rings. The van der Waals surface area contributed by atoms with Gasteiger partial charge < -0.3 is 21.2 Å². The number of ketones is 1. The highest BCUT2D eigenvalue weighted by molar-refractivity contribution is 6.07. The number of carbonyl (C=O) groups excluding carboxylic acids is 1. The fourth-order valence-electron chi connectivity index (χ4n) is 3.67. The average molecular weight is 364 g/mol. The number of pyridine rings is 1. The van der Waals surface area contributed by atoms with Gasteiger partial charge in [0, 0.05) is 42.3 Å². The van der Waals surface area contributed by atoms with Crippen molar-refractivity contribution in [3.8, 4) is 5.75 Å². The summed E-state index contributed by atoms with van der Waals surface area (Å²) in [5.41, 5.74) is 6.90. The number of ether oxygens (including phenoxy) is 1. The van der Waals surface area contributed by atoms with E-state index in [0.717, 1.165) is 5.70 Å². The second-order valence-electron chi connectivity index (χ2n) is 7.10. The van der Waals surface area contributed by atoms with E-state index in [2.05, 4.69) is 15.0 Å². The van der Waals surface area contributed by atoms with Gasteiger partial charge in [-0.05, 0) is 37.8 Å². The maximum Gasteiger partial charge on any atom is 0.387 e. The lowest BCUT2D eigenvalue weighted by Gasteiger charge is -2.16. The van der Waals surface area contributed by atoms with Crippen LogP contribution in [0.3, 0.4) is 0 Å². The summed E-state index contributed by atoms with van der Waals surface area (Å²) in [7, 11) is 0. The highest BCUT2D eigenvalue weighted by Crippen LogP contribution is 2.59. The van der Waals surface area contributed by atoms with Crippen molar-refractivity contribution in [3.05, 3.63) is 29.6 Å². The lowest BCUT2D eigenvalue weighted by molar-refractivity contribution is -0.118. The smallest absolute Gasteiger partial charge is 0.387 e. The fourth-order valence-corrected chi connectivity index (χ4v) is 3.67. The molecule has 3 rings (SSSR count). The highest BCUT2D eigenvalue weighted by Gasteiger charge is 2.57. The normalized spacial score (nSPS) is 24.8. The standard InChI is InChI=1S/C18H22F2N4O2/c1-8(2)24-14(16-11-4-10(25)5-12(11)16)6-13(21)9-3-15(26-18(19)20)17(22)23-7-9/h3,6-8,11-12,16,18,21,24H,4-5H2,1-2H3,(H2,22,23)/b14-6-,21-13?/t11-,12+,16+. The van der Waals surface area contributed by atoms with Crippen LogP contribution in [0.2, 0.25) is 0 Å². The van der Waals surface area contributed by atoms with Gasteiger partial charge in [-0.2, -0.15) is 8.78 Å². The first-order chi connectivity index (χ1) is 12.3. The zero-order valence-corrected chi connectivity index (χ0v) is 14.6. The number of nitrogens with two attached hydrogens (primary N) is 1. The number of hydrogen-bond acceptors (Lipinski definition) is 6. The maximum absolute atomic E-state index is 12.5. The van der Waals surface area contributed by atoms with Gasteiger partial charge in [0.15, 0.2) is 11.6 Å². The first-order valence-electron chi connectivity index (χ1n) is 8.55. The summed E-state index contributed by atoms with van der Waals surface area (Å²) in [6.07, 6.45) is 4.23. The molecule has 0 radical (unpaired) electrons. The molecular weight excluding hydrogens is 342 g/mol. The fraction of sp³-hybridized carbons (Fsp3) is 0.500. The van der Waals surface area contributed by atoms with Gasteiger partial charge in [-0.1, -0.05) is 0 Å². The Kier molecular flexibility index (Phi) is 4.93. The Hall–Kier alpha value is -2.51. The Labute approximate surface area is 150 Å². The van der Waals surface area contributed by atoms with E-state index in [9.17, 15) is 13.6 Å². The van der Waals surface area contributed by atoms with Gasteiger partial charge >= 0.3 is 6.61 Å². The van der Waals surface area contributed by atoms with Crippen molar-refractivity contribution in [1.82, 2.24) is 10.3 Å². The molecule has 0 spiro atoms. The number of nitrogen functional groups attached to an aromatic ring is 1. The number of hydrogen-bond donors (Lipinski definition) is 3. The molecule has 2 saturated carbocycles. The summed E-state index contributed by atoms with van der Waals surface area (Å²) in [5, 5.41) is 11.7. The van der Waals surface area contributed by atoms with Crippen molar-refractivity contribution >= 4 is 17.3 Å². The van der Waals surface area contributed by atoms with Gasteiger partial charge in [0.1, 0.15) is 5.78 Å². The van der Waals surface area contributed by atoms with Crippen molar-refractivity contribution in [2.45, 2.75) is 39.3 Å². The Morgan fingerprint density at radius 3 is 2.65 bits per heavy atom. The SMILES string of the molecule is CC(C)N/C(=C\C(=N)c1cnc(N)c(OC(F)F)c1)[C@H]1[C@@H]2CC(=O)C[C@@H]21. The topological polar surface area (TPSA) is 101 Å². The van der Waals surface area contributed by atoms with Gasteiger partial charge in [0.2, 0.25) is 0 Å². The third kappa shape index (κ3) is 3.84. The van der Waals surface area contributed by atoms with Gasteiger partial charge in [0.05, 0.1) is 5.71 Å². The zero-order chi connectivity index (χ0) is 19.0. The first kappa shape index (κ1) is 18.3. The van der Waals surface area contributed by atoms with Crippen LogP contribution in [0.1, 0.15) is 32.3 Å². The van der Waals surface area contributed by atoms with Crippen LogP contribution in [0.4, 0.5) is 14.6 Å². The van der Waals surface area contributed by atoms with E-state index >= 15 is 0 Å². The molecular formula is C18H22F2N4O2. The molecule has 0 aromatic carbocycles. The number of allylic oxidation sites excluding steroid dienone is 2. The van der Waals surface area contributed by atoms with E-state index < -0.39 is 6.61 Å². The summed E-state index contributed by atoms with van der Waals surface area (Å²) in [4.78, 5) is 15.3. The minimum atomic E-state index is -3.01. The quantitative estimate of drug-likeness (QED) is 0.646. The molecule has 3 atom stereocenters. The highest BCUT2D eigenvalue weighted by atomic mass is 19.3. The van der Waals surface area contributed by atoms with Crippen LogP contribution in [0, 0.1) is 23.2 Å². The van der Waals surface area contributed by atoms with E-state index in [1.54, 1.807) is 6.08 Å². The molecule has 0 unspecified atom stereocenters. The minimum absolute atomic E-state index is 0.121. The number of nitrogens with zero attached hydrogens (tertiary/aromatic N) is 1. The number of anilines is 1. The van der Waals surface area contributed by atoms with Crippen LogP contribution in [0.15, 0.2) is 24.0 Å². The molecule has 1 aromatic rings. The van der Waals surface area contributed by atoms with Crippen molar-refractivity contribution in [1.29, 1.82) is 5.41 Å². The molecule has 6 nitrogen and oxygen atoms in total. The molecule has 4 N–H and O–H groups in total. The van der Waals surface area contributed by atoms with Crippen molar-refractivity contribution < 1.29 is 18.3 Å². The van der Waals surface area contributed by atoms with E-state index in [-0.39, 0.29) is 29.2 Å². The van der Waals surface area contributed by atoms with E-state index in [0.29, 0.717) is 36.0 Å². The van der Waals surface area contributed by atoms with Gasteiger partial charge in [-0.3, -0.25) is 4.79 Å². The number of fused-ring (bicyclic) bond motifs is 1. The van der Waals surface area contributed by atoms with Crippen LogP contribution < -0.4 is 15.8 Å².